The van der Waals surface area contributed by atoms with Crippen molar-refractivity contribution in [1.82, 2.24) is 4.90 Å². The smallest absolute Gasteiger partial charge is 0.144 e. The quantitative estimate of drug-likeness (QED) is 0.275. The lowest BCUT2D eigenvalue weighted by molar-refractivity contribution is -0.0531. The van der Waals surface area contributed by atoms with Gasteiger partial charge in [0, 0.05) is 18.5 Å². The lowest BCUT2D eigenvalue weighted by Gasteiger charge is -2.32. The van der Waals surface area contributed by atoms with Crippen LogP contribution in [-0.2, 0) is 4.74 Å². The molecule has 0 aliphatic carbocycles. The minimum atomic E-state index is -0.280. The van der Waals surface area contributed by atoms with Crippen LogP contribution >= 0.6 is 0 Å². The van der Waals surface area contributed by atoms with Crippen molar-refractivity contribution in [2.24, 2.45) is 16.3 Å². The van der Waals surface area contributed by atoms with E-state index in [1.807, 2.05) is 13.8 Å². The highest BCUT2D eigenvalue weighted by Crippen LogP contribution is 2.22. The molecule has 4 N–H and O–H groups in total. The first kappa shape index (κ1) is 15.2. The van der Waals surface area contributed by atoms with Gasteiger partial charge in [0.2, 0.25) is 0 Å². The van der Waals surface area contributed by atoms with Crippen LogP contribution in [0.1, 0.15) is 26.7 Å². The highest BCUT2D eigenvalue weighted by atomic mass is 16.5. The van der Waals surface area contributed by atoms with E-state index < -0.39 is 0 Å². The minimum Gasteiger partial charge on any atom is -0.409 e. The molecule has 0 saturated carbocycles. The topological polar surface area (TPSA) is 91.3 Å². The van der Waals surface area contributed by atoms with Crippen LogP contribution in [-0.4, -0.2) is 60.0 Å². The van der Waals surface area contributed by atoms with Gasteiger partial charge in [-0.1, -0.05) is 19.0 Å². The van der Waals surface area contributed by atoms with Crippen molar-refractivity contribution in [3.63, 3.8) is 0 Å². The maximum atomic E-state index is 9.06. The van der Waals surface area contributed by atoms with Gasteiger partial charge in [-0.25, -0.2) is 0 Å². The molecule has 0 radical (unpaired) electrons. The minimum absolute atomic E-state index is 0.0594. The summed E-state index contributed by atoms with van der Waals surface area (Å²) in [5, 5.41) is 20.8. The summed E-state index contributed by atoms with van der Waals surface area (Å²) in [5.41, 5.74) is 5.37. The monoisotopic (exact) mass is 259 g/mol. The summed E-state index contributed by atoms with van der Waals surface area (Å²) >= 11 is 0. The zero-order valence-corrected chi connectivity index (χ0v) is 11.3. The van der Waals surface area contributed by atoms with Gasteiger partial charge in [0.05, 0.1) is 19.3 Å². The Morgan fingerprint density at radius 1 is 1.56 bits per heavy atom. The average molecular weight is 259 g/mol. The lowest BCUT2D eigenvalue weighted by atomic mass is 9.86. The Morgan fingerprint density at radius 3 is 2.89 bits per heavy atom. The van der Waals surface area contributed by atoms with E-state index in [2.05, 4.69) is 10.1 Å². The molecule has 1 atom stereocenters. The SMILES string of the molecule is CC(C)(CCCN1CCOC(CO)C1)C(N)=NO. The van der Waals surface area contributed by atoms with Gasteiger partial charge in [-0.2, -0.15) is 0 Å². The van der Waals surface area contributed by atoms with Crippen LogP contribution in [0.2, 0.25) is 0 Å². The van der Waals surface area contributed by atoms with Gasteiger partial charge in [0.15, 0.2) is 0 Å². The Bertz CT molecular complexity index is 282. The molecular formula is C12H25N3O3. The maximum Gasteiger partial charge on any atom is 0.144 e. The Morgan fingerprint density at radius 2 is 2.28 bits per heavy atom. The molecule has 18 heavy (non-hydrogen) atoms. The van der Waals surface area contributed by atoms with Gasteiger partial charge in [0.1, 0.15) is 5.84 Å². The molecule has 1 unspecified atom stereocenters. The first-order valence-corrected chi connectivity index (χ1v) is 6.42. The summed E-state index contributed by atoms with van der Waals surface area (Å²) in [4.78, 5) is 2.28. The molecule has 6 nitrogen and oxygen atoms in total. The maximum absolute atomic E-state index is 9.06. The summed E-state index contributed by atoms with van der Waals surface area (Å²) in [5.74, 6) is 0.276. The molecule has 6 heteroatoms. The fraction of sp³-hybridized carbons (Fsp3) is 0.917. The Balaban J connectivity index is 2.29. The lowest BCUT2D eigenvalue weighted by Crippen LogP contribution is -2.44. The molecular weight excluding hydrogens is 234 g/mol. The number of nitrogens with zero attached hydrogens (tertiary/aromatic N) is 2. The van der Waals surface area contributed by atoms with Gasteiger partial charge >= 0.3 is 0 Å². The molecule has 0 bridgehead atoms. The summed E-state index contributed by atoms with van der Waals surface area (Å²) in [6, 6.07) is 0. The second-order valence-electron chi connectivity index (χ2n) is 5.45. The molecule has 1 aliphatic heterocycles. The number of amidine groups is 1. The van der Waals surface area contributed by atoms with Crippen LogP contribution in [0.5, 0.6) is 0 Å². The van der Waals surface area contributed by atoms with Crippen molar-refractivity contribution in [2.75, 3.05) is 32.8 Å². The zero-order valence-electron chi connectivity index (χ0n) is 11.3. The van der Waals surface area contributed by atoms with E-state index in [1.165, 1.54) is 0 Å². The second-order valence-corrected chi connectivity index (χ2v) is 5.45. The van der Waals surface area contributed by atoms with Crippen LogP contribution in [0.15, 0.2) is 5.16 Å². The third-order valence-corrected chi connectivity index (χ3v) is 3.50. The van der Waals surface area contributed by atoms with E-state index in [4.69, 9.17) is 20.8 Å². The summed E-state index contributed by atoms with van der Waals surface area (Å²) in [6.45, 7) is 7.32. The van der Waals surface area contributed by atoms with Gasteiger partial charge in [-0.15, -0.1) is 0 Å². The predicted octanol–water partition coefficient (Wildman–Crippen LogP) is 0.232. The van der Waals surface area contributed by atoms with E-state index in [1.54, 1.807) is 0 Å². The van der Waals surface area contributed by atoms with Crippen LogP contribution in [0.25, 0.3) is 0 Å². The molecule has 0 aromatic carbocycles. The fourth-order valence-electron chi connectivity index (χ4n) is 2.10. The number of oxime groups is 1. The van der Waals surface area contributed by atoms with Crippen LogP contribution in [0.3, 0.4) is 0 Å². The molecule has 1 saturated heterocycles. The number of nitrogens with two attached hydrogens (primary N) is 1. The van der Waals surface area contributed by atoms with Gasteiger partial charge in [-0.05, 0) is 19.4 Å². The van der Waals surface area contributed by atoms with E-state index in [9.17, 15) is 0 Å². The number of aliphatic hydroxyl groups excluding tert-OH is 1. The highest BCUT2D eigenvalue weighted by molar-refractivity contribution is 5.85. The molecule has 1 heterocycles. The van der Waals surface area contributed by atoms with Gasteiger partial charge in [-0.3, -0.25) is 4.90 Å². The van der Waals surface area contributed by atoms with E-state index in [0.29, 0.717) is 6.61 Å². The Kier molecular flexibility index (Phi) is 5.84. The number of aliphatic hydroxyl groups is 1. The first-order valence-electron chi connectivity index (χ1n) is 6.42. The molecule has 1 aliphatic rings. The molecule has 0 spiro atoms. The molecule has 0 amide bonds. The molecule has 1 rings (SSSR count). The van der Waals surface area contributed by atoms with Crippen molar-refractivity contribution in [3.05, 3.63) is 0 Å². The zero-order chi connectivity index (χ0) is 13.6. The standard InChI is InChI=1S/C12H25N3O3/c1-12(2,11(13)14-17)4-3-5-15-6-7-18-10(8-15)9-16/h10,16-17H,3-9H2,1-2H3,(H2,13,14). The number of hydrogen-bond acceptors (Lipinski definition) is 5. The number of hydrogen-bond donors (Lipinski definition) is 3. The van der Waals surface area contributed by atoms with Crippen LogP contribution in [0.4, 0.5) is 0 Å². The Hall–Kier alpha value is -0.850. The number of morpholine rings is 1. The molecule has 106 valence electrons. The van der Waals surface area contributed by atoms with Crippen molar-refractivity contribution in [2.45, 2.75) is 32.8 Å². The highest BCUT2D eigenvalue weighted by Gasteiger charge is 2.24. The summed E-state index contributed by atoms with van der Waals surface area (Å²) in [7, 11) is 0. The molecule has 1 fully saturated rings. The third-order valence-electron chi connectivity index (χ3n) is 3.50. The van der Waals surface area contributed by atoms with E-state index in [0.717, 1.165) is 32.5 Å². The van der Waals surface area contributed by atoms with Crippen molar-refractivity contribution >= 4 is 5.84 Å². The van der Waals surface area contributed by atoms with Gasteiger partial charge < -0.3 is 20.8 Å². The Labute approximate surface area is 108 Å². The van der Waals surface area contributed by atoms with Crippen molar-refractivity contribution in [1.29, 1.82) is 0 Å². The number of rotatable bonds is 6. The first-order chi connectivity index (χ1) is 8.49. The summed E-state index contributed by atoms with van der Waals surface area (Å²) in [6.07, 6.45) is 1.78. The number of ether oxygens (including phenoxy) is 1. The second kappa shape index (κ2) is 6.92. The molecule has 0 aromatic rings. The largest absolute Gasteiger partial charge is 0.409 e. The van der Waals surface area contributed by atoms with E-state index >= 15 is 0 Å². The van der Waals surface area contributed by atoms with Crippen molar-refractivity contribution in [3.8, 4) is 0 Å². The predicted molar refractivity (Wildman–Crippen MR) is 69.7 cm³/mol. The third kappa shape index (κ3) is 4.44. The van der Waals surface area contributed by atoms with E-state index in [-0.39, 0.29) is 24.0 Å². The van der Waals surface area contributed by atoms with Gasteiger partial charge in [0.25, 0.3) is 0 Å². The normalized spacial score (nSPS) is 23.3. The van der Waals surface area contributed by atoms with Crippen LogP contribution in [0, 0.1) is 5.41 Å². The summed E-state index contributed by atoms with van der Waals surface area (Å²) < 4.78 is 5.40. The average Bonchev–Trinajstić information content (AvgIpc) is 2.37. The van der Waals surface area contributed by atoms with Crippen molar-refractivity contribution < 1.29 is 15.1 Å². The molecule has 0 aromatic heterocycles. The fourth-order valence-corrected chi connectivity index (χ4v) is 2.10. The van der Waals surface area contributed by atoms with Crippen LogP contribution < -0.4 is 5.73 Å².